The van der Waals surface area contributed by atoms with Gasteiger partial charge in [-0.05, 0) is 28.3 Å². The van der Waals surface area contributed by atoms with E-state index in [0.29, 0.717) is 0 Å². The minimum absolute atomic E-state index is 0.0578. The Labute approximate surface area is 130 Å². The standard InChI is InChI=1S/C11H8BrF4N3OS/c1-21-10(18-5-17)19-8-3-7(13)6(12)2-9(8)20-4-11(14,15)16/h2-3H,4H2,1H3,(H,18,19). The van der Waals surface area contributed by atoms with Gasteiger partial charge in [-0.2, -0.15) is 18.4 Å². The van der Waals surface area contributed by atoms with Gasteiger partial charge in [0.25, 0.3) is 0 Å². The molecule has 0 saturated heterocycles. The van der Waals surface area contributed by atoms with Crippen molar-refractivity contribution in [1.29, 1.82) is 5.26 Å². The summed E-state index contributed by atoms with van der Waals surface area (Å²) in [5, 5.41) is 10.8. The molecular weight excluding hydrogens is 378 g/mol. The van der Waals surface area contributed by atoms with Crippen molar-refractivity contribution >= 4 is 38.5 Å². The fraction of sp³-hybridized carbons (Fsp3) is 0.273. The number of nitriles is 1. The van der Waals surface area contributed by atoms with Gasteiger partial charge >= 0.3 is 6.18 Å². The Balaban J connectivity index is 3.17. The van der Waals surface area contributed by atoms with Gasteiger partial charge in [0.15, 0.2) is 18.0 Å². The largest absolute Gasteiger partial charge is 0.482 e. The molecule has 10 heteroatoms. The van der Waals surface area contributed by atoms with Crippen LogP contribution in [0.1, 0.15) is 0 Å². The fourth-order valence-corrected chi connectivity index (χ4v) is 1.82. The lowest BCUT2D eigenvalue weighted by Crippen LogP contribution is -2.19. The second-order valence-electron chi connectivity index (χ2n) is 3.50. The lowest BCUT2D eigenvalue weighted by Gasteiger charge is -2.12. The van der Waals surface area contributed by atoms with Gasteiger partial charge in [-0.15, -0.1) is 0 Å². The lowest BCUT2D eigenvalue weighted by atomic mass is 10.3. The number of hydrogen-bond acceptors (Lipinski definition) is 4. The fourth-order valence-electron chi connectivity index (χ4n) is 1.16. The van der Waals surface area contributed by atoms with Gasteiger partial charge in [-0.3, -0.25) is 5.32 Å². The van der Waals surface area contributed by atoms with E-state index in [-0.39, 0.29) is 21.1 Å². The number of aliphatic imine (C=N–C) groups is 1. The van der Waals surface area contributed by atoms with E-state index in [4.69, 9.17) is 5.26 Å². The molecule has 0 heterocycles. The first-order chi connectivity index (χ1) is 9.76. The Morgan fingerprint density at radius 2 is 2.19 bits per heavy atom. The highest BCUT2D eigenvalue weighted by Crippen LogP contribution is 2.34. The number of hydrogen-bond donors (Lipinski definition) is 1. The van der Waals surface area contributed by atoms with Crippen molar-refractivity contribution in [3.8, 4) is 11.9 Å². The third-order valence-electron chi connectivity index (χ3n) is 1.97. The highest BCUT2D eigenvalue weighted by Gasteiger charge is 2.29. The van der Waals surface area contributed by atoms with Gasteiger partial charge in [0.1, 0.15) is 17.3 Å². The zero-order valence-electron chi connectivity index (χ0n) is 10.5. The Hall–Kier alpha value is -1.47. The van der Waals surface area contributed by atoms with Crippen LogP contribution in [0, 0.1) is 17.3 Å². The summed E-state index contributed by atoms with van der Waals surface area (Å²) in [5.41, 5.74) is -0.160. The van der Waals surface area contributed by atoms with Gasteiger partial charge in [-0.1, -0.05) is 11.8 Å². The molecule has 1 N–H and O–H groups in total. The van der Waals surface area contributed by atoms with Crippen LogP contribution in [0.3, 0.4) is 0 Å². The second-order valence-corrected chi connectivity index (χ2v) is 5.15. The highest BCUT2D eigenvalue weighted by molar-refractivity contribution is 9.10. The SMILES string of the molecule is CSC(=Nc1cc(F)c(Br)cc1OCC(F)(F)F)NC#N. The molecule has 1 aromatic rings. The number of alkyl halides is 3. The summed E-state index contributed by atoms with van der Waals surface area (Å²) < 4.78 is 54.6. The number of thioether (sulfide) groups is 1. The molecule has 0 atom stereocenters. The number of rotatable bonds is 3. The van der Waals surface area contributed by atoms with Crippen LogP contribution in [0.25, 0.3) is 0 Å². The first-order valence-electron chi connectivity index (χ1n) is 5.23. The monoisotopic (exact) mass is 385 g/mol. The normalized spacial score (nSPS) is 12.0. The molecule has 0 unspecified atom stereocenters. The van der Waals surface area contributed by atoms with E-state index in [1.807, 2.05) is 0 Å². The Bertz CT molecular complexity index is 586. The molecule has 0 amide bonds. The van der Waals surface area contributed by atoms with Gasteiger partial charge in [0, 0.05) is 6.07 Å². The van der Waals surface area contributed by atoms with Crippen LogP contribution in [-0.2, 0) is 0 Å². The third kappa shape index (κ3) is 5.81. The van der Waals surface area contributed by atoms with E-state index in [2.05, 4.69) is 31.0 Å². The molecule has 1 rings (SSSR count). The van der Waals surface area contributed by atoms with Crippen molar-refractivity contribution < 1.29 is 22.3 Å². The summed E-state index contributed by atoms with van der Waals surface area (Å²) in [7, 11) is 0. The van der Waals surface area contributed by atoms with E-state index in [9.17, 15) is 17.6 Å². The van der Waals surface area contributed by atoms with E-state index in [1.165, 1.54) is 0 Å². The van der Waals surface area contributed by atoms with Crippen molar-refractivity contribution in [2.45, 2.75) is 6.18 Å². The van der Waals surface area contributed by atoms with Crippen LogP contribution in [0.4, 0.5) is 23.2 Å². The minimum Gasteiger partial charge on any atom is -0.482 e. The van der Waals surface area contributed by atoms with Crippen LogP contribution in [0.5, 0.6) is 5.75 Å². The van der Waals surface area contributed by atoms with Crippen molar-refractivity contribution in [2.75, 3.05) is 12.9 Å². The summed E-state index contributed by atoms with van der Waals surface area (Å²) in [6, 6.07) is 1.95. The molecule has 0 saturated carbocycles. The zero-order chi connectivity index (χ0) is 16.0. The second kappa shape index (κ2) is 7.51. The molecule has 0 aliphatic heterocycles. The average molecular weight is 386 g/mol. The molecule has 0 radical (unpaired) electrons. The van der Waals surface area contributed by atoms with Crippen LogP contribution in [-0.4, -0.2) is 24.2 Å². The Morgan fingerprint density at radius 3 is 2.71 bits per heavy atom. The number of halogens is 5. The molecule has 21 heavy (non-hydrogen) atoms. The van der Waals surface area contributed by atoms with Crippen molar-refractivity contribution in [2.24, 2.45) is 4.99 Å². The maximum atomic E-state index is 13.5. The Morgan fingerprint density at radius 1 is 1.52 bits per heavy atom. The molecule has 4 nitrogen and oxygen atoms in total. The van der Waals surface area contributed by atoms with Crippen molar-refractivity contribution in [3.05, 3.63) is 22.4 Å². The molecule has 0 aliphatic carbocycles. The summed E-state index contributed by atoms with van der Waals surface area (Å²) in [4.78, 5) is 3.86. The third-order valence-corrected chi connectivity index (χ3v) is 3.16. The average Bonchev–Trinajstić information content (AvgIpc) is 2.39. The molecule has 0 fully saturated rings. The molecule has 1 aromatic carbocycles. The summed E-state index contributed by atoms with van der Waals surface area (Å²) >= 11 is 3.89. The summed E-state index contributed by atoms with van der Waals surface area (Å²) in [5.74, 6) is -0.975. The van der Waals surface area contributed by atoms with Crippen LogP contribution in [0.2, 0.25) is 0 Å². The van der Waals surface area contributed by atoms with Gasteiger partial charge in [0.05, 0.1) is 4.47 Å². The van der Waals surface area contributed by atoms with Crippen LogP contribution < -0.4 is 10.1 Å². The smallest absolute Gasteiger partial charge is 0.422 e. The van der Waals surface area contributed by atoms with Crippen LogP contribution >= 0.6 is 27.7 Å². The Kier molecular flexibility index (Phi) is 6.29. The van der Waals surface area contributed by atoms with E-state index < -0.39 is 18.6 Å². The van der Waals surface area contributed by atoms with Crippen molar-refractivity contribution in [1.82, 2.24) is 5.32 Å². The van der Waals surface area contributed by atoms with Gasteiger partial charge in [-0.25, -0.2) is 9.38 Å². The van der Waals surface area contributed by atoms with Gasteiger partial charge in [0.2, 0.25) is 0 Å². The quantitative estimate of drug-likeness (QED) is 0.281. The molecule has 114 valence electrons. The van der Waals surface area contributed by atoms with Crippen molar-refractivity contribution in [3.63, 3.8) is 0 Å². The van der Waals surface area contributed by atoms with Gasteiger partial charge < -0.3 is 4.74 Å². The highest BCUT2D eigenvalue weighted by atomic mass is 79.9. The predicted molar refractivity (Wildman–Crippen MR) is 75.0 cm³/mol. The lowest BCUT2D eigenvalue weighted by molar-refractivity contribution is -0.153. The number of ether oxygens (including phenoxy) is 1. The number of nitrogens with one attached hydrogen (secondary N) is 1. The maximum Gasteiger partial charge on any atom is 0.422 e. The zero-order valence-corrected chi connectivity index (χ0v) is 12.9. The molecule has 0 aromatic heterocycles. The predicted octanol–water partition coefficient (Wildman–Crippen LogP) is 3.95. The topological polar surface area (TPSA) is 57.4 Å². The van der Waals surface area contributed by atoms with E-state index in [1.54, 1.807) is 12.4 Å². The molecule has 0 bridgehead atoms. The number of benzene rings is 1. The summed E-state index contributed by atoms with van der Waals surface area (Å²) in [6.07, 6.45) is -1.33. The number of nitrogens with zero attached hydrogens (tertiary/aromatic N) is 2. The summed E-state index contributed by atoms with van der Waals surface area (Å²) in [6.45, 7) is -1.53. The van der Waals surface area contributed by atoms with Crippen LogP contribution in [0.15, 0.2) is 21.6 Å². The van der Waals surface area contributed by atoms with E-state index >= 15 is 0 Å². The minimum atomic E-state index is -4.53. The molecular formula is C11H8BrF4N3OS. The first-order valence-corrected chi connectivity index (χ1v) is 7.25. The maximum absolute atomic E-state index is 13.5. The van der Waals surface area contributed by atoms with E-state index in [0.717, 1.165) is 23.9 Å². The first kappa shape index (κ1) is 17.6. The molecule has 0 aliphatic rings. The number of amidine groups is 1. The molecule has 0 spiro atoms.